The lowest BCUT2D eigenvalue weighted by Gasteiger charge is -2.19. The number of rotatable bonds is 0. The first-order valence-electron chi connectivity index (χ1n) is 3.43. The van der Waals surface area contributed by atoms with Crippen LogP contribution in [0.5, 0.6) is 0 Å². The number of nitrogens with one attached hydrogen (secondary N) is 1. The Morgan fingerprint density at radius 1 is 1.60 bits per heavy atom. The van der Waals surface area contributed by atoms with Crippen LogP contribution in [0.25, 0.3) is 0 Å². The summed E-state index contributed by atoms with van der Waals surface area (Å²) in [6, 6.07) is 0. The molecule has 0 unspecified atom stereocenters. The standard InChI is InChI=1S/C8H10N2/c1-10-6-2-3-7-8(10)4-5-9-7/h2-4,6,9H,5H2,1H3. The summed E-state index contributed by atoms with van der Waals surface area (Å²) >= 11 is 0. The molecule has 2 heterocycles. The predicted octanol–water partition coefficient (Wildman–Crippen LogP) is 0.817. The third-order valence-corrected chi connectivity index (χ3v) is 1.82. The highest BCUT2D eigenvalue weighted by atomic mass is 15.1. The van der Waals surface area contributed by atoms with Crippen molar-refractivity contribution in [3.05, 3.63) is 35.8 Å². The van der Waals surface area contributed by atoms with E-state index in [2.05, 4.69) is 35.6 Å². The first-order valence-corrected chi connectivity index (χ1v) is 3.43. The van der Waals surface area contributed by atoms with Crippen molar-refractivity contribution in [1.82, 2.24) is 10.2 Å². The molecule has 0 radical (unpaired) electrons. The summed E-state index contributed by atoms with van der Waals surface area (Å²) in [5.74, 6) is 0. The van der Waals surface area contributed by atoms with E-state index in [0.717, 1.165) is 6.54 Å². The number of fused-ring (bicyclic) bond motifs is 1. The molecule has 0 saturated heterocycles. The highest BCUT2D eigenvalue weighted by Gasteiger charge is 2.14. The molecule has 2 aliphatic heterocycles. The van der Waals surface area contributed by atoms with Gasteiger partial charge in [0.05, 0.1) is 11.4 Å². The monoisotopic (exact) mass is 134 g/mol. The van der Waals surface area contributed by atoms with E-state index in [1.165, 1.54) is 11.4 Å². The van der Waals surface area contributed by atoms with Crippen molar-refractivity contribution in [3.63, 3.8) is 0 Å². The third kappa shape index (κ3) is 0.652. The SMILES string of the molecule is CN1C=CC=C2NCC=C21. The minimum absolute atomic E-state index is 0.965. The highest BCUT2D eigenvalue weighted by Crippen LogP contribution is 2.19. The van der Waals surface area contributed by atoms with Gasteiger partial charge < -0.3 is 10.2 Å². The average molecular weight is 134 g/mol. The second-order valence-corrected chi connectivity index (χ2v) is 2.50. The van der Waals surface area contributed by atoms with Crippen molar-refractivity contribution < 1.29 is 0 Å². The molecule has 2 heteroatoms. The molecule has 0 atom stereocenters. The molecule has 0 aromatic heterocycles. The molecule has 52 valence electrons. The van der Waals surface area contributed by atoms with Gasteiger partial charge >= 0.3 is 0 Å². The van der Waals surface area contributed by atoms with Gasteiger partial charge in [0.15, 0.2) is 0 Å². The molecule has 0 saturated carbocycles. The fraction of sp³-hybridized carbons (Fsp3) is 0.250. The Morgan fingerprint density at radius 3 is 3.30 bits per heavy atom. The quantitative estimate of drug-likeness (QED) is 0.527. The van der Waals surface area contributed by atoms with E-state index in [4.69, 9.17) is 0 Å². The summed E-state index contributed by atoms with van der Waals surface area (Å²) in [4.78, 5) is 2.12. The predicted molar refractivity (Wildman–Crippen MR) is 41.1 cm³/mol. The molecule has 2 rings (SSSR count). The molecule has 0 fully saturated rings. The number of allylic oxidation sites excluding steroid dienone is 2. The van der Waals surface area contributed by atoms with Gasteiger partial charge in [-0.15, -0.1) is 0 Å². The molecule has 0 aliphatic carbocycles. The maximum absolute atomic E-state index is 3.26. The van der Waals surface area contributed by atoms with E-state index >= 15 is 0 Å². The van der Waals surface area contributed by atoms with Gasteiger partial charge in [-0.2, -0.15) is 0 Å². The van der Waals surface area contributed by atoms with Crippen molar-refractivity contribution in [2.24, 2.45) is 0 Å². The highest BCUT2D eigenvalue weighted by molar-refractivity contribution is 5.39. The maximum atomic E-state index is 3.26. The molecule has 2 nitrogen and oxygen atoms in total. The Kier molecular flexibility index (Phi) is 1.07. The molecule has 10 heavy (non-hydrogen) atoms. The first kappa shape index (κ1) is 5.59. The first-order chi connectivity index (χ1) is 4.88. The molecule has 0 spiro atoms. The van der Waals surface area contributed by atoms with Gasteiger partial charge in [0.2, 0.25) is 0 Å². The Labute approximate surface area is 60.5 Å². The molecule has 1 N–H and O–H groups in total. The molecule has 0 aromatic rings. The van der Waals surface area contributed by atoms with Gasteiger partial charge in [-0.05, 0) is 18.2 Å². The van der Waals surface area contributed by atoms with E-state index in [1.807, 2.05) is 6.08 Å². The van der Waals surface area contributed by atoms with Crippen LogP contribution >= 0.6 is 0 Å². The fourth-order valence-electron chi connectivity index (χ4n) is 1.29. The second-order valence-electron chi connectivity index (χ2n) is 2.50. The van der Waals surface area contributed by atoms with Gasteiger partial charge in [0, 0.05) is 19.8 Å². The fourth-order valence-corrected chi connectivity index (χ4v) is 1.29. The number of hydrogen-bond donors (Lipinski definition) is 1. The Morgan fingerprint density at radius 2 is 2.50 bits per heavy atom. The molecule has 0 amide bonds. The second kappa shape index (κ2) is 1.90. The summed E-state index contributed by atoms with van der Waals surface area (Å²) in [6.45, 7) is 0.965. The van der Waals surface area contributed by atoms with Crippen LogP contribution in [0.15, 0.2) is 35.8 Å². The van der Waals surface area contributed by atoms with Crippen molar-refractivity contribution >= 4 is 0 Å². The summed E-state index contributed by atoms with van der Waals surface area (Å²) < 4.78 is 0. The Balaban J connectivity index is 2.39. The van der Waals surface area contributed by atoms with Gasteiger partial charge in [-0.1, -0.05) is 0 Å². The summed E-state index contributed by atoms with van der Waals surface area (Å²) in [5.41, 5.74) is 2.53. The lowest BCUT2D eigenvalue weighted by atomic mass is 10.2. The molecular formula is C8H10N2. The molecule has 0 bridgehead atoms. The van der Waals surface area contributed by atoms with E-state index in [9.17, 15) is 0 Å². The lowest BCUT2D eigenvalue weighted by molar-refractivity contribution is 0.572. The molecular weight excluding hydrogens is 124 g/mol. The normalized spacial score (nSPS) is 21.5. The number of hydrogen-bond acceptors (Lipinski definition) is 2. The minimum atomic E-state index is 0.965. The van der Waals surface area contributed by atoms with E-state index in [1.54, 1.807) is 0 Å². The van der Waals surface area contributed by atoms with Gasteiger partial charge in [0.25, 0.3) is 0 Å². The minimum Gasteiger partial charge on any atom is -0.380 e. The Hall–Kier alpha value is -1.18. The topological polar surface area (TPSA) is 15.3 Å². The van der Waals surface area contributed by atoms with Crippen LogP contribution < -0.4 is 5.32 Å². The molecule has 2 aliphatic rings. The van der Waals surface area contributed by atoms with Crippen LogP contribution in [0.2, 0.25) is 0 Å². The van der Waals surface area contributed by atoms with E-state index < -0.39 is 0 Å². The lowest BCUT2D eigenvalue weighted by Crippen LogP contribution is -2.17. The molecule has 0 aromatic carbocycles. The zero-order valence-corrected chi connectivity index (χ0v) is 5.96. The van der Waals surface area contributed by atoms with Gasteiger partial charge in [0.1, 0.15) is 0 Å². The van der Waals surface area contributed by atoms with Crippen molar-refractivity contribution in [1.29, 1.82) is 0 Å². The third-order valence-electron chi connectivity index (χ3n) is 1.82. The van der Waals surface area contributed by atoms with Crippen LogP contribution in [0.3, 0.4) is 0 Å². The van der Waals surface area contributed by atoms with Crippen LogP contribution in [0.1, 0.15) is 0 Å². The maximum Gasteiger partial charge on any atom is 0.0616 e. The van der Waals surface area contributed by atoms with Crippen LogP contribution in [0.4, 0.5) is 0 Å². The average Bonchev–Trinajstić information content (AvgIpc) is 2.36. The van der Waals surface area contributed by atoms with Crippen LogP contribution in [0, 0.1) is 0 Å². The summed E-state index contributed by atoms with van der Waals surface area (Å²) in [6.07, 6.45) is 8.39. The van der Waals surface area contributed by atoms with E-state index in [-0.39, 0.29) is 0 Å². The zero-order valence-electron chi connectivity index (χ0n) is 5.96. The number of likely N-dealkylation sites (N-methyl/N-ethyl adjacent to an activating group) is 1. The smallest absolute Gasteiger partial charge is 0.0616 e. The Bertz CT molecular complexity index is 236. The largest absolute Gasteiger partial charge is 0.380 e. The van der Waals surface area contributed by atoms with E-state index in [0.29, 0.717) is 0 Å². The van der Waals surface area contributed by atoms with Gasteiger partial charge in [-0.3, -0.25) is 0 Å². The zero-order chi connectivity index (χ0) is 6.97. The van der Waals surface area contributed by atoms with Crippen LogP contribution in [-0.4, -0.2) is 18.5 Å². The van der Waals surface area contributed by atoms with Crippen molar-refractivity contribution in [2.45, 2.75) is 0 Å². The van der Waals surface area contributed by atoms with Crippen molar-refractivity contribution in [2.75, 3.05) is 13.6 Å². The van der Waals surface area contributed by atoms with Gasteiger partial charge in [-0.25, -0.2) is 0 Å². The summed E-state index contributed by atoms with van der Waals surface area (Å²) in [5, 5.41) is 3.26. The number of nitrogens with zero attached hydrogens (tertiary/aromatic N) is 1. The summed E-state index contributed by atoms with van der Waals surface area (Å²) in [7, 11) is 2.06. The van der Waals surface area contributed by atoms with Crippen LogP contribution in [-0.2, 0) is 0 Å². The van der Waals surface area contributed by atoms with Crippen molar-refractivity contribution in [3.8, 4) is 0 Å².